The van der Waals surface area contributed by atoms with Gasteiger partial charge in [0.2, 0.25) is 5.91 Å². The minimum Gasteiger partial charge on any atom is -0.462 e. The summed E-state index contributed by atoms with van der Waals surface area (Å²) in [4.78, 5) is 38.7. The number of carbonyl (C=O) groups excluding carboxylic acids is 3. The Hall–Kier alpha value is -3.67. The average Bonchev–Trinajstić information content (AvgIpc) is 3.02. The molecule has 0 aromatic heterocycles. The Labute approximate surface area is 174 Å². The second kappa shape index (κ2) is 8.37. The zero-order chi connectivity index (χ0) is 21.1. The summed E-state index contributed by atoms with van der Waals surface area (Å²) >= 11 is 0. The lowest BCUT2D eigenvalue weighted by Gasteiger charge is -2.17. The van der Waals surface area contributed by atoms with Crippen LogP contribution in [0.2, 0.25) is 0 Å². The van der Waals surface area contributed by atoms with Gasteiger partial charge in [-0.15, -0.1) is 0 Å². The van der Waals surface area contributed by atoms with E-state index in [-0.39, 0.29) is 18.2 Å². The molecule has 0 radical (unpaired) electrons. The maximum atomic E-state index is 12.8. The summed E-state index contributed by atoms with van der Waals surface area (Å²) in [6, 6.07) is 18.3. The highest BCUT2D eigenvalue weighted by atomic mass is 16.5. The van der Waals surface area contributed by atoms with Gasteiger partial charge in [-0.05, 0) is 49.1 Å². The summed E-state index contributed by atoms with van der Waals surface area (Å²) in [6.07, 6.45) is 0.791. The molecular weight excluding hydrogens is 380 g/mol. The van der Waals surface area contributed by atoms with Gasteiger partial charge in [0.1, 0.15) is 0 Å². The lowest BCUT2D eigenvalue weighted by molar-refractivity contribution is -0.116. The third-order valence-corrected chi connectivity index (χ3v) is 5.09. The van der Waals surface area contributed by atoms with Crippen molar-refractivity contribution >= 4 is 39.9 Å². The predicted molar refractivity (Wildman–Crippen MR) is 116 cm³/mol. The van der Waals surface area contributed by atoms with Crippen molar-refractivity contribution in [2.75, 3.05) is 23.4 Å². The van der Waals surface area contributed by atoms with E-state index in [1.807, 2.05) is 36.4 Å². The van der Waals surface area contributed by atoms with Gasteiger partial charge in [-0.25, -0.2) is 4.79 Å². The standard InChI is InChI=1S/C24H22N2O4/c1-2-30-24(29)17-9-3-10-18(15-17)25-21(27)13-6-14-26-20-12-5-8-16-7-4-11-19(22(16)20)23(26)28/h3-5,7-12,15H,2,6,13-14H2,1H3,(H,25,27). The number of anilines is 2. The summed E-state index contributed by atoms with van der Waals surface area (Å²) in [5.41, 5.74) is 2.54. The van der Waals surface area contributed by atoms with Gasteiger partial charge in [-0.1, -0.05) is 30.3 Å². The molecule has 0 aliphatic carbocycles. The van der Waals surface area contributed by atoms with E-state index in [1.54, 1.807) is 36.1 Å². The number of carbonyl (C=O) groups is 3. The van der Waals surface area contributed by atoms with Crippen molar-refractivity contribution in [1.29, 1.82) is 0 Å². The Morgan fingerprint density at radius 1 is 1.03 bits per heavy atom. The zero-order valence-electron chi connectivity index (χ0n) is 16.7. The van der Waals surface area contributed by atoms with Crippen LogP contribution in [0.15, 0.2) is 60.7 Å². The van der Waals surface area contributed by atoms with Gasteiger partial charge in [0.25, 0.3) is 5.91 Å². The Morgan fingerprint density at radius 2 is 1.80 bits per heavy atom. The summed E-state index contributed by atoms with van der Waals surface area (Å²) in [7, 11) is 0. The van der Waals surface area contributed by atoms with E-state index >= 15 is 0 Å². The highest BCUT2D eigenvalue weighted by Crippen LogP contribution is 2.37. The largest absolute Gasteiger partial charge is 0.462 e. The molecule has 3 aromatic carbocycles. The molecule has 2 amide bonds. The quantitative estimate of drug-likeness (QED) is 0.595. The minimum absolute atomic E-state index is 0.0238. The van der Waals surface area contributed by atoms with Crippen LogP contribution in [-0.4, -0.2) is 30.9 Å². The second-order valence-electron chi connectivity index (χ2n) is 7.09. The first-order valence-corrected chi connectivity index (χ1v) is 9.99. The SMILES string of the molecule is CCOC(=O)c1cccc(NC(=O)CCCN2C(=O)c3cccc4cccc2c34)c1. The van der Waals surface area contributed by atoms with Crippen molar-refractivity contribution in [3.8, 4) is 0 Å². The van der Waals surface area contributed by atoms with E-state index in [0.717, 1.165) is 16.5 Å². The molecule has 6 heteroatoms. The molecule has 1 aliphatic rings. The van der Waals surface area contributed by atoms with Crippen LogP contribution in [0.1, 0.15) is 40.5 Å². The highest BCUT2D eigenvalue weighted by molar-refractivity contribution is 6.25. The van der Waals surface area contributed by atoms with Gasteiger partial charge in [0.15, 0.2) is 0 Å². The maximum absolute atomic E-state index is 12.8. The molecule has 3 aromatic rings. The molecule has 0 fully saturated rings. The first-order valence-electron chi connectivity index (χ1n) is 9.99. The van der Waals surface area contributed by atoms with E-state index < -0.39 is 5.97 Å². The van der Waals surface area contributed by atoms with Crippen LogP contribution in [-0.2, 0) is 9.53 Å². The Balaban J connectivity index is 1.36. The number of amides is 2. The molecule has 0 unspecified atom stereocenters. The molecule has 0 atom stereocenters. The first-order chi connectivity index (χ1) is 14.6. The molecule has 30 heavy (non-hydrogen) atoms. The molecule has 152 valence electrons. The molecular formula is C24H22N2O4. The van der Waals surface area contributed by atoms with Crippen LogP contribution >= 0.6 is 0 Å². The van der Waals surface area contributed by atoms with Gasteiger partial charge >= 0.3 is 5.97 Å². The van der Waals surface area contributed by atoms with E-state index in [1.165, 1.54) is 0 Å². The number of rotatable bonds is 7. The maximum Gasteiger partial charge on any atom is 0.338 e. The fourth-order valence-corrected chi connectivity index (χ4v) is 3.76. The van der Waals surface area contributed by atoms with Crippen molar-refractivity contribution in [3.63, 3.8) is 0 Å². The molecule has 4 rings (SSSR count). The van der Waals surface area contributed by atoms with Gasteiger partial charge < -0.3 is 15.0 Å². The van der Waals surface area contributed by atoms with Gasteiger partial charge in [-0.3, -0.25) is 9.59 Å². The number of nitrogens with one attached hydrogen (secondary N) is 1. The third-order valence-electron chi connectivity index (χ3n) is 5.09. The van der Waals surface area contributed by atoms with Crippen LogP contribution in [0.5, 0.6) is 0 Å². The van der Waals surface area contributed by atoms with Gasteiger partial charge in [0, 0.05) is 29.6 Å². The van der Waals surface area contributed by atoms with E-state index in [9.17, 15) is 14.4 Å². The predicted octanol–water partition coefficient (Wildman–Crippen LogP) is 4.40. The number of nitrogens with zero attached hydrogens (tertiary/aromatic N) is 1. The summed E-state index contributed by atoms with van der Waals surface area (Å²) in [6.45, 7) is 2.50. The fourth-order valence-electron chi connectivity index (χ4n) is 3.76. The van der Waals surface area contributed by atoms with E-state index in [0.29, 0.717) is 36.4 Å². The Kier molecular flexibility index (Phi) is 5.48. The van der Waals surface area contributed by atoms with Crippen molar-refractivity contribution in [1.82, 2.24) is 0 Å². The van der Waals surface area contributed by atoms with Crippen molar-refractivity contribution < 1.29 is 19.1 Å². The molecule has 1 N–H and O–H groups in total. The average molecular weight is 402 g/mol. The van der Waals surface area contributed by atoms with E-state index in [2.05, 4.69) is 5.32 Å². The summed E-state index contributed by atoms with van der Waals surface area (Å²) in [5, 5.41) is 4.82. The van der Waals surface area contributed by atoms with Crippen molar-refractivity contribution in [3.05, 3.63) is 71.8 Å². The van der Waals surface area contributed by atoms with Crippen LogP contribution < -0.4 is 10.2 Å². The van der Waals surface area contributed by atoms with E-state index in [4.69, 9.17) is 4.74 Å². The molecule has 0 spiro atoms. The van der Waals surface area contributed by atoms with Crippen LogP contribution in [0.3, 0.4) is 0 Å². The number of hydrogen-bond donors (Lipinski definition) is 1. The van der Waals surface area contributed by atoms with Crippen LogP contribution in [0.25, 0.3) is 10.8 Å². The normalized spacial score (nSPS) is 12.3. The summed E-state index contributed by atoms with van der Waals surface area (Å²) in [5.74, 6) is -0.613. The van der Waals surface area contributed by atoms with Crippen molar-refractivity contribution in [2.24, 2.45) is 0 Å². The molecule has 1 heterocycles. The molecule has 0 saturated carbocycles. The van der Waals surface area contributed by atoms with Crippen LogP contribution in [0.4, 0.5) is 11.4 Å². The first kappa shape index (κ1) is 19.6. The topological polar surface area (TPSA) is 75.7 Å². The second-order valence-corrected chi connectivity index (χ2v) is 7.09. The van der Waals surface area contributed by atoms with Gasteiger partial charge in [-0.2, -0.15) is 0 Å². The molecule has 0 bridgehead atoms. The zero-order valence-corrected chi connectivity index (χ0v) is 16.7. The smallest absolute Gasteiger partial charge is 0.338 e. The minimum atomic E-state index is -0.421. The molecule has 0 saturated heterocycles. The third kappa shape index (κ3) is 3.76. The summed E-state index contributed by atoms with van der Waals surface area (Å²) < 4.78 is 4.98. The van der Waals surface area contributed by atoms with Crippen LogP contribution in [0, 0.1) is 0 Å². The molecule has 6 nitrogen and oxygen atoms in total. The lowest BCUT2D eigenvalue weighted by Crippen LogP contribution is -2.28. The highest BCUT2D eigenvalue weighted by Gasteiger charge is 2.29. The number of esters is 1. The fraction of sp³-hybridized carbons (Fsp3) is 0.208. The number of benzene rings is 3. The van der Waals surface area contributed by atoms with Gasteiger partial charge in [0.05, 0.1) is 17.9 Å². The Morgan fingerprint density at radius 3 is 2.60 bits per heavy atom. The lowest BCUT2D eigenvalue weighted by atomic mass is 10.1. The molecule has 1 aliphatic heterocycles. The number of ether oxygens (including phenoxy) is 1. The Bertz CT molecular complexity index is 1130. The number of hydrogen-bond acceptors (Lipinski definition) is 4. The van der Waals surface area contributed by atoms with Crippen molar-refractivity contribution in [2.45, 2.75) is 19.8 Å². The monoisotopic (exact) mass is 402 g/mol.